The van der Waals surface area contributed by atoms with Crippen molar-refractivity contribution in [1.29, 1.82) is 0 Å². The molecule has 0 aliphatic rings. The number of halogens is 3. The van der Waals surface area contributed by atoms with Crippen LogP contribution < -0.4 is 25.9 Å². The van der Waals surface area contributed by atoms with Gasteiger partial charge in [-0.2, -0.15) is 5.10 Å². The average molecular weight is 588 g/mol. The zero-order valence-corrected chi connectivity index (χ0v) is 22.3. The molecule has 0 aliphatic heterocycles. The SMILES string of the molecule is CCOc1cc(C=NNC(=O)C(NC(=O)c2ccc(Cl)c(Cl)c2)C(C)C)cc(Br)c1OCC(N)=O. The van der Waals surface area contributed by atoms with Crippen molar-refractivity contribution in [2.45, 2.75) is 26.8 Å². The van der Waals surface area contributed by atoms with Crippen LogP contribution in [-0.4, -0.2) is 43.2 Å². The van der Waals surface area contributed by atoms with Crippen molar-refractivity contribution in [3.8, 4) is 11.5 Å². The van der Waals surface area contributed by atoms with Gasteiger partial charge in [-0.15, -0.1) is 0 Å². The number of nitrogens with zero attached hydrogens (tertiary/aromatic N) is 1. The van der Waals surface area contributed by atoms with Gasteiger partial charge in [0, 0.05) is 5.56 Å². The van der Waals surface area contributed by atoms with E-state index in [1.807, 2.05) is 0 Å². The number of hydrogen-bond acceptors (Lipinski definition) is 6. The predicted octanol–water partition coefficient (Wildman–Crippen LogP) is 3.92. The summed E-state index contributed by atoms with van der Waals surface area (Å²) in [5.41, 5.74) is 8.42. The number of benzene rings is 2. The third-order valence-electron chi connectivity index (χ3n) is 4.50. The van der Waals surface area contributed by atoms with Crippen molar-refractivity contribution in [3.05, 3.63) is 56.0 Å². The van der Waals surface area contributed by atoms with Crippen molar-refractivity contribution in [3.63, 3.8) is 0 Å². The highest BCUT2D eigenvalue weighted by molar-refractivity contribution is 9.10. The lowest BCUT2D eigenvalue weighted by Crippen LogP contribution is -2.48. The molecule has 0 radical (unpaired) electrons. The molecular formula is C23H25BrCl2N4O5. The van der Waals surface area contributed by atoms with Crippen molar-refractivity contribution in [1.82, 2.24) is 10.7 Å². The third kappa shape index (κ3) is 8.41. The molecule has 2 aromatic carbocycles. The molecule has 0 aromatic heterocycles. The number of carbonyl (C=O) groups excluding carboxylic acids is 3. The Bertz CT molecular complexity index is 1130. The van der Waals surface area contributed by atoms with Crippen LogP contribution in [0.2, 0.25) is 10.0 Å². The fourth-order valence-corrected chi connectivity index (χ4v) is 3.72. The molecule has 188 valence electrons. The molecule has 1 atom stereocenters. The van der Waals surface area contributed by atoms with E-state index in [2.05, 4.69) is 31.8 Å². The molecule has 0 aliphatic carbocycles. The van der Waals surface area contributed by atoms with E-state index in [4.69, 9.17) is 38.4 Å². The Balaban J connectivity index is 2.12. The predicted molar refractivity (Wildman–Crippen MR) is 138 cm³/mol. The number of hydrazone groups is 1. The monoisotopic (exact) mass is 586 g/mol. The summed E-state index contributed by atoms with van der Waals surface area (Å²) in [6.45, 7) is 5.42. The quantitative estimate of drug-likeness (QED) is 0.271. The van der Waals surface area contributed by atoms with Gasteiger partial charge in [0.15, 0.2) is 18.1 Å². The van der Waals surface area contributed by atoms with E-state index in [9.17, 15) is 14.4 Å². The van der Waals surface area contributed by atoms with Crippen molar-refractivity contribution >= 4 is 63.1 Å². The van der Waals surface area contributed by atoms with Gasteiger partial charge in [-0.25, -0.2) is 5.43 Å². The summed E-state index contributed by atoms with van der Waals surface area (Å²) in [6.07, 6.45) is 1.40. The fraction of sp³-hybridized carbons (Fsp3) is 0.304. The maximum absolute atomic E-state index is 12.7. The normalized spacial score (nSPS) is 11.9. The number of nitrogens with two attached hydrogens (primary N) is 1. The molecule has 2 rings (SSSR count). The lowest BCUT2D eigenvalue weighted by molar-refractivity contribution is -0.124. The Morgan fingerprint density at radius 1 is 1.14 bits per heavy atom. The molecular weight excluding hydrogens is 563 g/mol. The molecule has 1 unspecified atom stereocenters. The highest BCUT2D eigenvalue weighted by Crippen LogP contribution is 2.36. The highest BCUT2D eigenvalue weighted by Gasteiger charge is 2.25. The molecule has 12 heteroatoms. The Hall–Kier alpha value is -2.82. The van der Waals surface area contributed by atoms with Crippen LogP contribution in [0.4, 0.5) is 0 Å². The molecule has 9 nitrogen and oxygen atoms in total. The topological polar surface area (TPSA) is 132 Å². The molecule has 0 saturated carbocycles. The second-order valence-electron chi connectivity index (χ2n) is 7.58. The molecule has 0 spiro atoms. The Labute approximate surface area is 221 Å². The fourth-order valence-electron chi connectivity index (χ4n) is 2.85. The largest absolute Gasteiger partial charge is 0.490 e. The van der Waals surface area contributed by atoms with E-state index in [0.717, 1.165) is 0 Å². The number of amides is 3. The summed E-state index contributed by atoms with van der Waals surface area (Å²) >= 11 is 15.2. The Morgan fingerprint density at radius 3 is 2.46 bits per heavy atom. The molecule has 0 saturated heterocycles. The van der Waals surface area contributed by atoms with Gasteiger partial charge in [-0.05, 0) is 64.7 Å². The van der Waals surface area contributed by atoms with Gasteiger partial charge < -0.3 is 20.5 Å². The molecule has 4 N–H and O–H groups in total. The molecule has 0 bridgehead atoms. The first-order chi connectivity index (χ1) is 16.5. The first-order valence-electron chi connectivity index (χ1n) is 10.5. The van der Waals surface area contributed by atoms with Crippen LogP contribution in [0.5, 0.6) is 11.5 Å². The van der Waals surface area contributed by atoms with E-state index in [1.165, 1.54) is 24.4 Å². The summed E-state index contributed by atoms with van der Waals surface area (Å²) in [5.74, 6) is -1.15. The van der Waals surface area contributed by atoms with Gasteiger partial charge in [0.05, 0.1) is 27.3 Å². The first-order valence-corrected chi connectivity index (χ1v) is 12.0. The molecule has 35 heavy (non-hydrogen) atoms. The lowest BCUT2D eigenvalue weighted by atomic mass is 10.0. The van der Waals surface area contributed by atoms with Gasteiger partial charge >= 0.3 is 0 Å². The van der Waals surface area contributed by atoms with Gasteiger partial charge in [0.1, 0.15) is 6.04 Å². The van der Waals surface area contributed by atoms with Crippen molar-refractivity contribution < 1.29 is 23.9 Å². The van der Waals surface area contributed by atoms with E-state index in [-0.39, 0.29) is 23.1 Å². The summed E-state index contributed by atoms with van der Waals surface area (Å²) in [4.78, 5) is 36.4. The average Bonchev–Trinajstić information content (AvgIpc) is 2.78. The summed E-state index contributed by atoms with van der Waals surface area (Å²) in [5, 5.41) is 7.23. The van der Waals surface area contributed by atoms with E-state index in [1.54, 1.807) is 32.9 Å². The number of carbonyl (C=O) groups is 3. The standard InChI is InChI=1S/C23H25BrCl2N4O5/c1-4-34-18-8-13(7-15(24)21(18)35-11-19(27)31)10-28-30-23(33)20(12(2)3)29-22(32)14-5-6-16(25)17(26)9-14/h5-10,12,20H,4,11H2,1-3H3,(H2,27,31)(H,29,32)(H,30,33). The second-order valence-corrected chi connectivity index (χ2v) is 9.25. The van der Waals surface area contributed by atoms with Crippen LogP contribution in [0.15, 0.2) is 39.9 Å². The molecule has 3 amide bonds. The van der Waals surface area contributed by atoms with Gasteiger partial charge in [0.2, 0.25) is 0 Å². The van der Waals surface area contributed by atoms with Crippen LogP contribution in [0.25, 0.3) is 0 Å². The molecule has 0 fully saturated rings. The third-order valence-corrected chi connectivity index (χ3v) is 5.82. The lowest BCUT2D eigenvalue weighted by Gasteiger charge is -2.20. The Kier molecular flexibility index (Phi) is 10.8. The zero-order valence-electron chi connectivity index (χ0n) is 19.2. The first kappa shape index (κ1) is 28.4. The minimum atomic E-state index is -0.857. The van der Waals surface area contributed by atoms with E-state index < -0.39 is 23.8 Å². The minimum absolute atomic E-state index is 0.225. The number of nitrogens with one attached hydrogen (secondary N) is 2. The van der Waals surface area contributed by atoms with Crippen LogP contribution >= 0.6 is 39.1 Å². The molecule has 2 aromatic rings. The summed E-state index contributed by atoms with van der Waals surface area (Å²) < 4.78 is 11.5. The van der Waals surface area contributed by atoms with Gasteiger partial charge in [-0.3, -0.25) is 14.4 Å². The number of primary amides is 1. The highest BCUT2D eigenvalue weighted by atomic mass is 79.9. The number of ether oxygens (including phenoxy) is 2. The van der Waals surface area contributed by atoms with Crippen LogP contribution in [0.1, 0.15) is 36.7 Å². The molecule has 0 heterocycles. The smallest absolute Gasteiger partial charge is 0.262 e. The summed E-state index contributed by atoms with van der Waals surface area (Å²) in [6, 6.07) is 6.89. The maximum Gasteiger partial charge on any atom is 0.262 e. The second kappa shape index (κ2) is 13.3. The van der Waals surface area contributed by atoms with E-state index in [0.29, 0.717) is 33.2 Å². The summed E-state index contributed by atoms with van der Waals surface area (Å²) in [7, 11) is 0. The van der Waals surface area contributed by atoms with Crippen molar-refractivity contribution in [2.24, 2.45) is 16.8 Å². The zero-order chi connectivity index (χ0) is 26.1. The maximum atomic E-state index is 12.7. The number of rotatable bonds is 11. The van der Waals surface area contributed by atoms with Gasteiger partial charge in [0.25, 0.3) is 17.7 Å². The van der Waals surface area contributed by atoms with Crippen LogP contribution in [-0.2, 0) is 9.59 Å². The van der Waals surface area contributed by atoms with Crippen LogP contribution in [0, 0.1) is 5.92 Å². The minimum Gasteiger partial charge on any atom is -0.490 e. The Morgan fingerprint density at radius 2 is 1.86 bits per heavy atom. The van der Waals surface area contributed by atoms with E-state index >= 15 is 0 Å². The van der Waals surface area contributed by atoms with Crippen molar-refractivity contribution in [2.75, 3.05) is 13.2 Å². The van der Waals surface area contributed by atoms with Gasteiger partial charge in [-0.1, -0.05) is 37.0 Å². The number of hydrogen-bond donors (Lipinski definition) is 3. The van der Waals surface area contributed by atoms with Crippen LogP contribution in [0.3, 0.4) is 0 Å².